The predicted octanol–water partition coefficient (Wildman–Crippen LogP) is 4.66. The Morgan fingerprint density at radius 1 is 0.585 bits per heavy atom. The molecular weight excluding hydrogens is 534 g/mol. The number of nitrogens with one attached hydrogen (secondary N) is 3. The van der Waals surface area contributed by atoms with E-state index in [4.69, 9.17) is 5.73 Å². The third-order valence-corrected chi connectivity index (χ3v) is 5.93. The van der Waals surface area contributed by atoms with Gasteiger partial charge in [0.25, 0.3) is 0 Å². The first kappa shape index (κ1) is 29.7. The molecule has 0 heterocycles. The van der Waals surface area contributed by atoms with Gasteiger partial charge in [0, 0.05) is 46.8 Å². The van der Waals surface area contributed by atoms with E-state index in [0.29, 0.717) is 28.3 Å². The van der Waals surface area contributed by atoms with Crippen molar-refractivity contribution < 1.29 is 39.6 Å². The van der Waals surface area contributed by atoms with Gasteiger partial charge in [0.1, 0.15) is 5.82 Å². The second-order valence-corrected chi connectivity index (χ2v) is 8.84. The number of rotatable bonds is 11. The Morgan fingerprint density at radius 3 is 1.22 bits per heavy atom. The van der Waals surface area contributed by atoms with Gasteiger partial charge >= 0.3 is 23.9 Å². The fourth-order valence-electron chi connectivity index (χ4n) is 3.68. The molecule has 3 rings (SSSR count). The van der Waals surface area contributed by atoms with Crippen molar-refractivity contribution in [3.63, 3.8) is 0 Å². The SMILES string of the molecule is CN=C(C)/C(C)=C(/N)Nc1cc(Nc2cc(C(=O)O)cc(C(=O)O)c2)cc(Nc2cc(C(=O)O)cc(C(=O)O)c2)c1. The number of carboxylic acid groups (broad SMARTS) is 4. The summed E-state index contributed by atoms with van der Waals surface area (Å²) in [6.07, 6.45) is 0. The molecule has 0 amide bonds. The van der Waals surface area contributed by atoms with Gasteiger partial charge in [-0.3, -0.25) is 4.99 Å². The lowest BCUT2D eigenvalue weighted by molar-refractivity contribution is 0.0676. The summed E-state index contributed by atoms with van der Waals surface area (Å²) in [6, 6.07) is 11.9. The molecule has 13 heteroatoms. The standard InChI is InChI=1S/C28H27N5O8/c1-13(14(2)30-3)24(29)33-23-11-21(31-19-6-15(25(34)35)4-16(7-19)26(36)37)10-22(12-23)32-20-8-17(27(38)39)5-18(9-20)28(40)41/h4-12,31-33H,29H2,1-3H3,(H,34,35)(H,36,37)(H,38,39)(H,40,41)/b24-13-,30-14?. The number of benzene rings is 3. The molecule has 212 valence electrons. The number of nitrogens with zero attached hydrogens (tertiary/aromatic N) is 1. The largest absolute Gasteiger partial charge is 0.478 e. The van der Waals surface area contributed by atoms with Gasteiger partial charge in [0.2, 0.25) is 0 Å². The van der Waals surface area contributed by atoms with Gasteiger partial charge < -0.3 is 42.1 Å². The Balaban J connectivity index is 2.12. The maximum atomic E-state index is 11.6. The fraction of sp³-hybridized carbons (Fsp3) is 0.107. The van der Waals surface area contributed by atoms with Crippen molar-refractivity contribution in [1.29, 1.82) is 0 Å². The zero-order valence-electron chi connectivity index (χ0n) is 22.1. The van der Waals surface area contributed by atoms with E-state index in [9.17, 15) is 39.6 Å². The van der Waals surface area contributed by atoms with E-state index in [0.717, 1.165) is 12.1 Å². The summed E-state index contributed by atoms with van der Waals surface area (Å²) < 4.78 is 0. The molecule has 0 saturated carbocycles. The van der Waals surface area contributed by atoms with E-state index < -0.39 is 23.9 Å². The number of aromatic carboxylic acids is 4. The number of nitrogens with two attached hydrogens (primary N) is 1. The van der Waals surface area contributed by atoms with Gasteiger partial charge in [0.15, 0.2) is 0 Å². The summed E-state index contributed by atoms with van der Waals surface area (Å²) in [7, 11) is 1.62. The Labute approximate surface area is 233 Å². The summed E-state index contributed by atoms with van der Waals surface area (Å²) in [4.78, 5) is 50.3. The first-order chi connectivity index (χ1) is 19.3. The number of hydrogen-bond donors (Lipinski definition) is 8. The lowest BCUT2D eigenvalue weighted by Gasteiger charge is -2.17. The van der Waals surface area contributed by atoms with Crippen LogP contribution in [0.2, 0.25) is 0 Å². The number of carbonyl (C=O) groups is 4. The molecule has 0 bridgehead atoms. The fourth-order valence-corrected chi connectivity index (χ4v) is 3.68. The van der Waals surface area contributed by atoms with Gasteiger partial charge in [-0.05, 0) is 68.4 Å². The molecule has 9 N–H and O–H groups in total. The van der Waals surface area contributed by atoms with Crippen LogP contribution in [0.25, 0.3) is 0 Å². The average Bonchev–Trinajstić information content (AvgIpc) is 2.91. The van der Waals surface area contributed by atoms with Crippen LogP contribution in [0.4, 0.5) is 28.4 Å². The normalized spacial score (nSPS) is 11.7. The molecule has 0 aromatic heterocycles. The monoisotopic (exact) mass is 561 g/mol. The van der Waals surface area contributed by atoms with Crippen molar-refractivity contribution in [3.8, 4) is 0 Å². The van der Waals surface area contributed by atoms with E-state index in [1.54, 1.807) is 39.1 Å². The van der Waals surface area contributed by atoms with Gasteiger partial charge in [-0.25, -0.2) is 19.2 Å². The molecule has 0 radical (unpaired) electrons. The first-order valence-corrected chi connectivity index (χ1v) is 11.9. The summed E-state index contributed by atoms with van der Waals surface area (Å²) in [6.45, 7) is 3.54. The number of allylic oxidation sites excluding steroid dienone is 1. The summed E-state index contributed by atoms with van der Waals surface area (Å²) in [5.41, 5.74) is 8.07. The van der Waals surface area contributed by atoms with Crippen LogP contribution in [0.1, 0.15) is 55.3 Å². The second-order valence-electron chi connectivity index (χ2n) is 8.84. The van der Waals surface area contributed by atoms with Crippen LogP contribution in [0.3, 0.4) is 0 Å². The van der Waals surface area contributed by atoms with Gasteiger partial charge in [0.05, 0.1) is 22.3 Å². The highest BCUT2D eigenvalue weighted by molar-refractivity contribution is 5.99. The Bertz CT molecular complexity index is 1470. The van der Waals surface area contributed by atoms with Crippen LogP contribution in [-0.4, -0.2) is 57.1 Å². The van der Waals surface area contributed by atoms with E-state index >= 15 is 0 Å². The van der Waals surface area contributed by atoms with Crippen LogP contribution in [0.5, 0.6) is 0 Å². The topological polar surface area (TPSA) is 224 Å². The summed E-state index contributed by atoms with van der Waals surface area (Å²) >= 11 is 0. The van der Waals surface area contributed by atoms with E-state index in [1.165, 1.54) is 24.3 Å². The Morgan fingerprint density at radius 2 is 0.902 bits per heavy atom. The second kappa shape index (κ2) is 12.3. The minimum atomic E-state index is -1.32. The van der Waals surface area contributed by atoms with Crippen molar-refractivity contribution in [1.82, 2.24) is 0 Å². The zero-order chi connectivity index (χ0) is 30.4. The minimum absolute atomic E-state index is 0.167. The zero-order valence-corrected chi connectivity index (χ0v) is 22.1. The maximum absolute atomic E-state index is 11.6. The van der Waals surface area contributed by atoms with Crippen molar-refractivity contribution in [2.75, 3.05) is 23.0 Å². The van der Waals surface area contributed by atoms with E-state index in [1.807, 2.05) is 0 Å². The lowest BCUT2D eigenvalue weighted by Crippen LogP contribution is -2.15. The Kier molecular flexibility index (Phi) is 8.94. The molecule has 0 aliphatic carbocycles. The first-order valence-electron chi connectivity index (χ1n) is 11.9. The molecule has 0 aliphatic heterocycles. The van der Waals surface area contributed by atoms with Crippen molar-refractivity contribution >= 4 is 58.0 Å². The van der Waals surface area contributed by atoms with Gasteiger partial charge in [-0.2, -0.15) is 0 Å². The quantitative estimate of drug-likeness (QED) is 0.150. The van der Waals surface area contributed by atoms with Gasteiger partial charge in [-0.1, -0.05) is 0 Å². The average molecular weight is 562 g/mol. The molecule has 0 spiro atoms. The van der Waals surface area contributed by atoms with Crippen molar-refractivity contribution in [2.24, 2.45) is 10.7 Å². The molecule has 13 nitrogen and oxygen atoms in total. The molecule has 0 aliphatic rings. The molecular formula is C28H27N5O8. The summed E-state index contributed by atoms with van der Waals surface area (Å²) in [5, 5.41) is 46.7. The van der Waals surface area contributed by atoms with E-state index in [-0.39, 0.29) is 39.4 Å². The number of aliphatic imine (C=N–C) groups is 1. The van der Waals surface area contributed by atoms with E-state index in [2.05, 4.69) is 20.9 Å². The highest BCUT2D eigenvalue weighted by atomic mass is 16.4. The van der Waals surface area contributed by atoms with Crippen LogP contribution in [0.15, 0.2) is 71.0 Å². The van der Waals surface area contributed by atoms with Crippen molar-refractivity contribution in [2.45, 2.75) is 13.8 Å². The van der Waals surface area contributed by atoms with Crippen LogP contribution < -0.4 is 21.7 Å². The number of hydrogen-bond acceptors (Lipinski definition) is 9. The molecule has 0 saturated heterocycles. The van der Waals surface area contributed by atoms with Crippen LogP contribution in [0, 0.1) is 0 Å². The molecule has 0 fully saturated rings. The predicted molar refractivity (Wildman–Crippen MR) is 153 cm³/mol. The third-order valence-electron chi connectivity index (χ3n) is 5.93. The minimum Gasteiger partial charge on any atom is -0.478 e. The lowest BCUT2D eigenvalue weighted by atomic mass is 10.1. The molecule has 0 atom stereocenters. The van der Waals surface area contributed by atoms with Crippen molar-refractivity contribution in [3.05, 3.63) is 88.2 Å². The van der Waals surface area contributed by atoms with Gasteiger partial charge in [-0.15, -0.1) is 0 Å². The smallest absolute Gasteiger partial charge is 0.335 e. The van der Waals surface area contributed by atoms with Crippen LogP contribution >= 0.6 is 0 Å². The molecule has 41 heavy (non-hydrogen) atoms. The summed E-state index contributed by atoms with van der Waals surface area (Å²) in [5.74, 6) is -4.99. The van der Waals surface area contributed by atoms with Crippen LogP contribution in [-0.2, 0) is 0 Å². The number of anilines is 5. The number of carboxylic acids is 4. The highest BCUT2D eigenvalue weighted by Gasteiger charge is 2.14. The Hall–Kier alpha value is -5.85. The molecule has 3 aromatic carbocycles. The maximum Gasteiger partial charge on any atom is 0.335 e. The molecule has 0 unspecified atom stereocenters. The third kappa shape index (κ3) is 7.60. The molecule has 3 aromatic rings. The highest BCUT2D eigenvalue weighted by Crippen LogP contribution is 2.30.